The van der Waals surface area contributed by atoms with Gasteiger partial charge in [-0.1, -0.05) is 36.4 Å². The number of rotatable bonds is 7. The Kier molecular flexibility index (Phi) is 9.65. The van der Waals surface area contributed by atoms with Gasteiger partial charge in [-0.2, -0.15) is 0 Å². The molecule has 0 aliphatic rings. The van der Waals surface area contributed by atoms with Crippen molar-refractivity contribution in [3.05, 3.63) is 53.7 Å². The second kappa shape index (κ2) is 11.5. The van der Waals surface area contributed by atoms with Gasteiger partial charge in [-0.25, -0.2) is 9.78 Å². The van der Waals surface area contributed by atoms with Crippen molar-refractivity contribution in [1.82, 2.24) is 4.98 Å². The lowest BCUT2D eigenvalue weighted by Crippen LogP contribution is -2.02. The third-order valence-corrected chi connectivity index (χ3v) is 4.04. The molecule has 1 heterocycles. The molecule has 0 unspecified atom stereocenters. The number of aryl methyl sites for hydroxylation is 2. The Hall–Kier alpha value is -1.98. The number of ether oxygens (including phenoxy) is 2. The highest BCUT2D eigenvalue weighted by Gasteiger charge is 2.00. The molecule has 0 spiro atoms. The normalized spacial score (nSPS) is 9.79. The topological polar surface area (TPSA) is 48.4 Å². The second-order valence-corrected chi connectivity index (χ2v) is 6.42. The van der Waals surface area contributed by atoms with E-state index in [-0.39, 0.29) is 5.97 Å². The minimum absolute atomic E-state index is 0.359. The highest BCUT2D eigenvalue weighted by molar-refractivity contribution is 7.15. The number of methoxy groups -OCH3 is 1. The first-order valence-corrected chi connectivity index (χ1v) is 8.66. The maximum absolute atomic E-state index is 10.5. The van der Waals surface area contributed by atoms with Gasteiger partial charge in [-0.3, -0.25) is 0 Å². The fourth-order valence-electron chi connectivity index (χ4n) is 1.87. The van der Waals surface area contributed by atoms with Gasteiger partial charge >= 0.3 is 5.97 Å². The molecule has 0 radical (unpaired) electrons. The molecule has 0 aliphatic heterocycles. The molecular weight excluding hydrogens is 322 g/mol. The van der Waals surface area contributed by atoms with Gasteiger partial charge in [-0.05, 0) is 32.3 Å². The molecule has 0 saturated carbocycles. The molecule has 2 rings (SSSR count). The average Bonchev–Trinajstić information content (AvgIpc) is 3.01. The Labute approximate surface area is 148 Å². The van der Waals surface area contributed by atoms with Crippen LogP contribution in [0.25, 0.3) is 10.4 Å². The summed E-state index contributed by atoms with van der Waals surface area (Å²) in [4.78, 5) is 16.0. The van der Waals surface area contributed by atoms with Gasteiger partial charge in [0.15, 0.2) is 0 Å². The molecule has 24 heavy (non-hydrogen) atoms. The zero-order chi connectivity index (χ0) is 17.8. The summed E-state index contributed by atoms with van der Waals surface area (Å²) in [6, 6.07) is 8.50. The first-order chi connectivity index (χ1) is 11.6. The van der Waals surface area contributed by atoms with E-state index in [9.17, 15) is 4.79 Å². The van der Waals surface area contributed by atoms with Crippen LogP contribution in [0.15, 0.2) is 43.1 Å². The summed E-state index contributed by atoms with van der Waals surface area (Å²) in [6.45, 7) is 8.58. The second-order valence-electron chi connectivity index (χ2n) is 5.18. The molecule has 4 nitrogen and oxygen atoms in total. The molecule has 0 amide bonds. The molecule has 0 N–H and O–H groups in total. The van der Waals surface area contributed by atoms with E-state index in [0.717, 1.165) is 23.9 Å². The SMILES string of the molecule is C=CC(=O)OCCCCOC.Cc1cccc(-c2cnc(C)s2)c1. The number of hydrogen-bond donors (Lipinski definition) is 0. The summed E-state index contributed by atoms with van der Waals surface area (Å²) in [6.07, 6.45) is 4.86. The number of nitrogens with zero attached hydrogens (tertiary/aromatic N) is 1. The van der Waals surface area contributed by atoms with Crippen molar-refractivity contribution in [3.8, 4) is 10.4 Å². The quantitative estimate of drug-likeness (QED) is 0.418. The van der Waals surface area contributed by atoms with E-state index in [2.05, 4.69) is 42.8 Å². The Balaban J connectivity index is 0.000000245. The Morgan fingerprint density at radius 3 is 2.62 bits per heavy atom. The van der Waals surface area contributed by atoms with Crippen LogP contribution < -0.4 is 0 Å². The standard InChI is InChI=1S/C11H11NS.C8H14O3/c1-8-4-3-5-10(6-8)11-7-12-9(2)13-11;1-3-8(9)11-7-5-4-6-10-2/h3-7H,1-2H3;3H,1,4-7H2,2H3. The van der Waals surface area contributed by atoms with Crippen LogP contribution in [0.2, 0.25) is 0 Å². The molecule has 130 valence electrons. The number of benzene rings is 1. The van der Waals surface area contributed by atoms with E-state index in [1.54, 1.807) is 18.4 Å². The van der Waals surface area contributed by atoms with Gasteiger partial charge in [0.2, 0.25) is 0 Å². The molecular formula is C19H25NO3S. The molecule has 1 aromatic carbocycles. The van der Waals surface area contributed by atoms with Crippen LogP contribution in [-0.4, -0.2) is 31.3 Å². The monoisotopic (exact) mass is 347 g/mol. The van der Waals surface area contributed by atoms with Gasteiger partial charge in [-0.15, -0.1) is 11.3 Å². The zero-order valence-corrected chi connectivity index (χ0v) is 15.4. The number of thiazole rings is 1. The van der Waals surface area contributed by atoms with Crippen molar-refractivity contribution >= 4 is 17.3 Å². The minimum Gasteiger partial charge on any atom is -0.463 e. The highest BCUT2D eigenvalue weighted by Crippen LogP contribution is 2.25. The highest BCUT2D eigenvalue weighted by atomic mass is 32.1. The van der Waals surface area contributed by atoms with Gasteiger partial charge in [0.1, 0.15) is 0 Å². The zero-order valence-electron chi connectivity index (χ0n) is 14.6. The lowest BCUT2D eigenvalue weighted by molar-refractivity contribution is -0.137. The number of carbonyl (C=O) groups excluding carboxylic acids is 1. The number of aromatic nitrogens is 1. The molecule has 1 aromatic heterocycles. The maximum Gasteiger partial charge on any atom is 0.330 e. The fourth-order valence-corrected chi connectivity index (χ4v) is 2.65. The van der Waals surface area contributed by atoms with E-state index < -0.39 is 0 Å². The van der Waals surface area contributed by atoms with E-state index in [1.165, 1.54) is 16.0 Å². The van der Waals surface area contributed by atoms with E-state index in [1.807, 2.05) is 13.1 Å². The van der Waals surface area contributed by atoms with E-state index in [0.29, 0.717) is 13.2 Å². The predicted molar refractivity (Wildman–Crippen MR) is 99.3 cm³/mol. The number of carbonyl (C=O) groups is 1. The third-order valence-electron chi connectivity index (χ3n) is 3.08. The van der Waals surface area contributed by atoms with Crippen molar-refractivity contribution in [1.29, 1.82) is 0 Å². The first kappa shape index (κ1) is 20.1. The van der Waals surface area contributed by atoms with Gasteiger partial charge < -0.3 is 9.47 Å². The lowest BCUT2D eigenvalue weighted by Gasteiger charge is -2.00. The Bertz CT molecular complexity index is 637. The summed E-state index contributed by atoms with van der Waals surface area (Å²) >= 11 is 1.74. The Morgan fingerprint density at radius 1 is 1.29 bits per heavy atom. The van der Waals surface area contributed by atoms with Crippen molar-refractivity contribution < 1.29 is 14.3 Å². The van der Waals surface area contributed by atoms with Gasteiger partial charge in [0, 0.05) is 26.0 Å². The summed E-state index contributed by atoms with van der Waals surface area (Å²) in [5.41, 5.74) is 2.56. The fraction of sp³-hybridized carbons (Fsp3) is 0.368. The van der Waals surface area contributed by atoms with Gasteiger partial charge in [0.25, 0.3) is 0 Å². The van der Waals surface area contributed by atoms with Crippen LogP contribution in [-0.2, 0) is 14.3 Å². The minimum atomic E-state index is -0.359. The van der Waals surface area contributed by atoms with Crippen molar-refractivity contribution in [3.63, 3.8) is 0 Å². The summed E-state index contributed by atoms with van der Waals surface area (Å²) in [5, 5.41) is 1.12. The lowest BCUT2D eigenvalue weighted by atomic mass is 10.1. The first-order valence-electron chi connectivity index (χ1n) is 7.84. The maximum atomic E-state index is 10.5. The number of esters is 1. The van der Waals surface area contributed by atoms with Gasteiger partial charge in [0.05, 0.1) is 16.5 Å². The molecule has 2 aromatic rings. The third kappa shape index (κ3) is 8.04. The molecule has 0 fully saturated rings. The summed E-state index contributed by atoms with van der Waals surface area (Å²) < 4.78 is 9.54. The number of hydrogen-bond acceptors (Lipinski definition) is 5. The number of unbranched alkanes of at least 4 members (excludes halogenated alkanes) is 1. The summed E-state index contributed by atoms with van der Waals surface area (Å²) in [5.74, 6) is -0.359. The van der Waals surface area contributed by atoms with Crippen LogP contribution in [0.3, 0.4) is 0 Å². The van der Waals surface area contributed by atoms with Crippen molar-refractivity contribution in [2.75, 3.05) is 20.3 Å². The van der Waals surface area contributed by atoms with Crippen LogP contribution in [0, 0.1) is 13.8 Å². The van der Waals surface area contributed by atoms with Crippen molar-refractivity contribution in [2.45, 2.75) is 26.7 Å². The average molecular weight is 347 g/mol. The van der Waals surface area contributed by atoms with Crippen LogP contribution in [0.5, 0.6) is 0 Å². The van der Waals surface area contributed by atoms with Crippen LogP contribution in [0.4, 0.5) is 0 Å². The van der Waals surface area contributed by atoms with Crippen LogP contribution in [0.1, 0.15) is 23.4 Å². The van der Waals surface area contributed by atoms with E-state index >= 15 is 0 Å². The molecule has 5 heteroatoms. The van der Waals surface area contributed by atoms with E-state index in [4.69, 9.17) is 9.47 Å². The molecule has 0 aliphatic carbocycles. The molecule has 0 bridgehead atoms. The smallest absolute Gasteiger partial charge is 0.330 e. The van der Waals surface area contributed by atoms with Crippen molar-refractivity contribution in [2.24, 2.45) is 0 Å². The predicted octanol–water partition coefficient (Wildman–Crippen LogP) is 4.57. The molecule has 0 atom stereocenters. The molecule has 0 saturated heterocycles. The largest absolute Gasteiger partial charge is 0.463 e. The Morgan fingerprint density at radius 2 is 2.04 bits per heavy atom. The van der Waals surface area contributed by atoms with Crippen LogP contribution >= 0.6 is 11.3 Å². The summed E-state index contributed by atoms with van der Waals surface area (Å²) in [7, 11) is 1.65.